The molecule has 0 fully saturated rings. The van der Waals surface area contributed by atoms with Crippen molar-refractivity contribution in [3.63, 3.8) is 0 Å². The molecule has 0 spiro atoms. The highest BCUT2D eigenvalue weighted by Crippen LogP contribution is 2.24. The van der Waals surface area contributed by atoms with Crippen LogP contribution in [0.15, 0.2) is 83.3 Å². The zero-order valence-electron chi connectivity index (χ0n) is 16.2. The molecule has 0 heterocycles. The van der Waals surface area contributed by atoms with Crippen molar-refractivity contribution in [2.24, 2.45) is 0 Å². The normalized spacial score (nSPS) is 10.6. The van der Waals surface area contributed by atoms with Crippen molar-refractivity contribution in [2.75, 3.05) is 13.7 Å². The molecule has 0 aliphatic heterocycles. The van der Waals surface area contributed by atoms with E-state index in [4.69, 9.17) is 14.2 Å². The van der Waals surface area contributed by atoms with E-state index >= 15 is 0 Å². The number of ether oxygens (including phenoxy) is 3. The Morgan fingerprint density at radius 3 is 2.37 bits per heavy atom. The Kier molecular flexibility index (Phi) is 7.40. The Hall–Kier alpha value is -3.38. The molecule has 0 amide bonds. The lowest BCUT2D eigenvalue weighted by Gasteiger charge is -2.07. The summed E-state index contributed by atoms with van der Waals surface area (Å²) in [6.45, 7) is -0.186. The number of hydrogen-bond acceptors (Lipinski definition) is 5. The number of allylic oxidation sites excluding steroid dienone is 1. The van der Waals surface area contributed by atoms with Crippen molar-refractivity contribution in [2.45, 2.75) is 0 Å². The lowest BCUT2D eigenvalue weighted by atomic mass is 10.1. The largest absolute Gasteiger partial charge is 0.496 e. The summed E-state index contributed by atoms with van der Waals surface area (Å²) in [5.41, 5.74) is 1.25. The zero-order chi connectivity index (χ0) is 21.3. The van der Waals surface area contributed by atoms with Gasteiger partial charge in [-0.25, -0.2) is 4.79 Å². The van der Waals surface area contributed by atoms with E-state index in [1.54, 1.807) is 54.6 Å². The minimum absolute atomic E-state index is 0.179. The van der Waals surface area contributed by atoms with Crippen molar-refractivity contribution in [1.29, 1.82) is 0 Å². The minimum Gasteiger partial charge on any atom is -0.496 e. The first-order valence-electron chi connectivity index (χ1n) is 9.09. The third-order valence-electron chi connectivity index (χ3n) is 4.07. The van der Waals surface area contributed by atoms with Crippen LogP contribution in [-0.2, 0) is 4.79 Å². The standard InChI is InChI=1S/C24H19BrO5/c1-28-23-14-10-18(25)15-21(23)22(26)13-9-17-7-11-20(12-8-17)30-24(27)16-29-19-5-3-2-4-6-19/h2-15H,16H2,1H3/b13-9+. The minimum atomic E-state index is -0.501. The predicted octanol–water partition coefficient (Wildman–Crippen LogP) is 5.34. The molecule has 152 valence electrons. The Labute approximate surface area is 183 Å². The van der Waals surface area contributed by atoms with Crippen LogP contribution >= 0.6 is 15.9 Å². The number of carbonyl (C=O) groups excluding carboxylic acids is 2. The van der Waals surface area contributed by atoms with Crippen LogP contribution in [0, 0.1) is 0 Å². The molecule has 0 saturated heterocycles. The lowest BCUT2D eigenvalue weighted by Crippen LogP contribution is -2.17. The van der Waals surface area contributed by atoms with E-state index in [9.17, 15) is 9.59 Å². The van der Waals surface area contributed by atoms with Crippen LogP contribution in [0.5, 0.6) is 17.2 Å². The maximum atomic E-state index is 12.5. The van der Waals surface area contributed by atoms with Crippen LogP contribution in [0.25, 0.3) is 6.08 Å². The molecule has 0 unspecified atom stereocenters. The number of methoxy groups -OCH3 is 1. The van der Waals surface area contributed by atoms with Gasteiger partial charge in [0.2, 0.25) is 0 Å². The smallest absolute Gasteiger partial charge is 0.349 e. The molecule has 3 rings (SSSR count). The zero-order valence-corrected chi connectivity index (χ0v) is 17.8. The summed E-state index contributed by atoms with van der Waals surface area (Å²) in [6.07, 6.45) is 3.16. The maximum absolute atomic E-state index is 12.5. The first-order valence-corrected chi connectivity index (χ1v) is 9.89. The van der Waals surface area contributed by atoms with Gasteiger partial charge in [-0.2, -0.15) is 0 Å². The molecule has 0 radical (unpaired) electrons. The highest BCUT2D eigenvalue weighted by atomic mass is 79.9. The average Bonchev–Trinajstić information content (AvgIpc) is 2.77. The first-order chi connectivity index (χ1) is 14.5. The predicted molar refractivity (Wildman–Crippen MR) is 118 cm³/mol. The van der Waals surface area contributed by atoms with E-state index < -0.39 is 5.97 Å². The number of benzene rings is 3. The molecular weight excluding hydrogens is 448 g/mol. The average molecular weight is 467 g/mol. The van der Waals surface area contributed by atoms with Gasteiger partial charge in [0.25, 0.3) is 0 Å². The molecule has 0 N–H and O–H groups in total. The summed E-state index contributed by atoms with van der Waals surface area (Å²) in [4.78, 5) is 24.4. The molecule has 0 aliphatic rings. The van der Waals surface area contributed by atoms with Crippen LogP contribution in [0.2, 0.25) is 0 Å². The number of halogens is 1. The van der Waals surface area contributed by atoms with Gasteiger partial charge in [0.1, 0.15) is 17.2 Å². The Morgan fingerprint density at radius 2 is 1.67 bits per heavy atom. The second kappa shape index (κ2) is 10.4. The molecule has 0 aliphatic carbocycles. The second-order valence-corrected chi connectivity index (χ2v) is 7.10. The highest BCUT2D eigenvalue weighted by Gasteiger charge is 2.10. The molecule has 6 heteroatoms. The van der Waals surface area contributed by atoms with Crippen LogP contribution in [0.3, 0.4) is 0 Å². The van der Waals surface area contributed by atoms with Gasteiger partial charge in [-0.1, -0.05) is 52.3 Å². The van der Waals surface area contributed by atoms with E-state index in [0.717, 1.165) is 10.0 Å². The van der Waals surface area contributed by atoms with E-state index in [0.29, 0.717) is 22.8 Å². The summed E-state index contributed by atoms with van der Waals surface area (Å²) in [5, 5.41) is 0. The van der Waals surface area contributed by atoms with Gasteiger partial charge < -0.3 is 14.2 Å². The third kappa shape index (κ3) is 6.06. The summed E-state index contributed by atoms with van der Waals surface area (Å²) < 4.78 is 16.6. The monoisotopic (exact) mass is 466 g/mol. The topological polar surface area (TPSA) is 61.8 Å². The van der Waals surface area contributed by atoms with Crippen LogP contribution in [0.4, 0.5) is 0 Å². The number of hydrogen-bond donors (Lipinski definition) is 0. The lowest BCUT2D eigenvalue weighted by molar-refractivity contribution is -0.136. The summed E-state index contributed by atoms with van der Waals surface area (Å²) in [6, 6.07) is 21.1. The van der Waals surface area contributed by atoms with Crippen molar-refractivity contribution < 1.29 is 23.8 Å². The summed E-state index contributed by atoms with van der Waals surface area (Å²) >= 11 is 3.36. The Bertz CT molecular complexity index is 1040. The van der Waals surface area contributed by atoms with Crippen molar-refractivity contribution >= 4 is 33.8 Å². The Balaban J connectivity index is 1.57. The first kappa shape index (κ1) is 21.3. The number of rotatable bonds is 8. The van der Waals surface area contributed by atoms with Gasteiger partial charge in [0.05, 0.1) is 12.7 Å². The van der Waals surface area contributed by atoms with Crippen molar-refractivity contribution in [1.82, 2.24) is 0 Å². The van der Waals surface area contributed by atoms with Crippen LogP contribution in [-0.4, -0.2) is 25.5 Å². The molecule has 30 heavy (non-hydrogen) atoms. The molecule has 0 atom stereocenters. The molecule has 0 saturated carbocycles. The fourth-order valence-electron chi connectivity index (χ4n) is 2.60. The molecule has 3 aromatic rings. The molecule has 5 nitrogen and oxygen atoms in total. The SMILES string of the molecule is COc1ccc(Br)cc1C(=O)/C=C/c1ccc(OC(=O)COc2ccccc2)cc1. The summed E-state index contributed by atoms with van der Waals surface area (Å²) in [5.74, 6) is 0.823. The van der Waals surface area contributed by atoms with Gasteiger partial charge >= 0.3 is 5.97 Å². The second-order valence-electron chi connectivity index (χ2n) is 6.19. The molecule has 3 aromatic carbocycles. The van der Waals surface area contributed by atoms with Gasteiger partial charge in [-0.05, 0) is 54.1 Å². The third-order valence-corrected chi connectivity index (χ3v) is 4.56. The molecule has 0 aromatic heterocycles. The molecule has 0 bridgehead atoms. The Morgan fingerprint density at radius 1 is 0.933 bits per heavy atom. The van der Waals surface area contributed by atoms with Crippen molar-refractivity contribution in [3.05, 3.63) is 94.5 Å². The maximum Gasteiger partial charge on any atom is 0.349 e. The molecular formula is C24H19BrO5. The van der Waals surface area contributed by atoms with Crippen LogP contribution in [0.1, 0.15) is 15.9 Å². The van der Waals surface area contributed by atoms with Gasteiger partial charge in [-0.15, -0.1) is 0 Å². The van der Waals surface area contributed by atoms with E-state index in [-0.39, 0.29) is 12.4 Å². The number of ketones is 1. The van der Waals surface area contributed by atoms with E-state index in [2.05, 4.69) is 15.9 Å². The fraction of sp³-hybridized carbons (Fsp3) is 0.0833. The quantitative estimate of drug-likeness (QED) is 0.194. The van der Waals surface area contributed by atoms with Gasteiger partial charge in [0.15, 0.2) is 12.4 Å². The van der Waals surface area contributed by atoms with Crippen LogP contribution < -0.4 is 14.2 Å². The van der Waals surface area contributed by atoms with Gasteiger partial charge in [0, 0.05) is 4.47 Å². The van der Waals surface area contributed by atoms with Crippen molar-refractivity contribution in [3.8, 4) is 17.2 Å². The van der Waals surface area contributed by atoms with E-state index in [1.807, 2.05) is 24.3 Å². The summed E-state index contributed by atoms with van der Waals surface area (Å²) in [7, 11) is 1.52. The number of para-hydroxylation sites is 1. The van der Waals surface area contributed by atoms with Gasteiger partial charge in [-0.3, -0.25) is 4.79 Å². The fourth-order valence-corrected chi connectivity index (χ4v) is 2.96. The van der Waals surface area contributed by atoms with E-state index in [1.165, 1.54) is 13.2 Å². The number of esters is 1. The number of carbonyl (C=O) groups is 2. The highest BCUT2D eigenvalue weighted by molar-refractivity contribution is 9.10.